The van der Waals surface area contributed by atoms with Crippen LogP contribution in [0.3, 0.4) is 0 Å². The molecular formula is C34H42O5. The molecule has 0 spiro atoms. The van der Waals surface area contributed by atoms with E-state index in [2.05, 4.69) is 12.8 Å². The zero-order valence-corrected chi connectivity index (χ0v) is 23.2. The third-order valence-corrected chi connectivity index (χ3v) is 6.65. The van der Waals surface area contributed by atoms with Crippen molar-refractivity contribution in [2.45, 2.75) is 84.3 Å². The molecule has 0 saturated carbocycles. The Hall–Kier alpha value is -3.78. The number of ether oxygens (including phenoxy) is 3. The van der Waals surface area contributed by atoms with E-state index in [1.54, 1.807) is 48.5 Å². The summed E-state index contributed by atoms with van der Waals surface area (Å²) in [7, 11) is 0. The molecule has 3 aromatic carbocycles. The van der Waals surface area contributed by atoms with Crippen LogP contribution in [0.4, 0.5) is 0 Å². The van der Waals surface area contributed by atoms with Crippen molar-refractivity contribution in [1.29, 1.82) is 0 Å². The highest BCUT2D eigenvalue weighted by molar-refractivity contribution is 5.50. The number of unbranched alkanes of at least 4 members (excludes halogenated alkanes) is 9. The van der Waals surface area contributed by atoms with Crippen LogP contribution in [0.25, 0.3) is 0 Å². The molecule has 3 aromatic rings. The second-order valence-electron chi connectivity index (χ2n) is 9.81. The average molecular weight is 531 g/mol. The number of phenolic OH excluding ortho intramolecular Hbond substituents is 2. The summed E-state index contributed by atoms with van der Waals surface area (Å²) in [6.07, 6.45) is 18.3. The van der Waals surface area contributed by atoms with Gasteiger partial charge in [0.05, 0.1) is 6.61 Å². The largest absolute Gasteiger partial charge is 0.504 e. The van der Waals surface area contributed by atoms with Crippen LogP contribution < -0.4 is 14.2 Å². The number of phenols is 2. The minimum Gasteiger partial charge on any atom is -0.504 e. The molecule has 0 radical (unpaired) electrons. The maximum Gasteiger partial charge on any atom is 0.161 e. The monoisotopic (exact) mass is 530 g/mol. The predicted molar refractivity (Wildman–Crippen MR) is 157 cm³/mol. The van der Waals surface area contributed by atoms with Crippen molar-refractivity contribution in [3.8, 4) is 41.1 Å². The van der Waals surface area contributed by atoms with Gasteiger partial charge in [-0.3, -0.25) is 0 Å². The Morgan fingerprint density at radius 2 is 1.10 bits per heavy atom. The summed E-state index contributed by atoms with van der Waals surface area (Å²) in [6.45, 7) is 3.16. The molecule has 0 bridgehead atoms. The molecule has 5 nitrogen and oxygen atoms in total. The van der Waals surface area contributed by atoms with Crippen LogP contribution in [0, 0.1) is 12.3 Å². The van der Waals surface area contributed by atoms with Crippen LogP contribution in [0.5, 0.6) is 28.7 Å². The summed E-state index contributed by atoms with van der Waals surface area (Å²) in [5, 5.41) is 20.3. The molecule has 0 saturated heterocycles. The number of hydrogen-bond donors (Lipinski definition) is 2. The van der Waals surface area contributed by atoms with Gasteiger partial charge in [-0.2, -0.15) is 0 Å². The van der Waals surface area contributed by atoms with Crippen molar-refractivity contribution in [1.82, 2.24) is 0 Å². The Balaban J connectivity index is 1.65. The molecule has 208 valence electrons. The van der Waals surface area contributed by atoms with Gasteiger partial charge >= 0.3 is 0 Å². The van der Waals surface area contributed by atoms with Crippen molar-refractivity contribution in [3.63, 3.8) is 0 Å². The Morgan fingerprint density at radius 1 is 0.641 bits per heavy atom. The van der Waals surface area contributed by atoms with Gasteiger partial charge in [0, 0.05) is 16.7 Å². The topological polar surface area (TPSA) is 68.2 Å². The van der Waals surface area contributed by atoms with Gasteiger partial charge in [0.2, 0.25) is 0 Å². The van der Waals surface area contributed by atoms with E-state index in [0.29, 0.717) is 29.4 Å². The quantitative estimate of drug-likeness (QED) is 0.127. The molecule has 0 atom stereocenters. The maximum absolute atomic E-state index is 10.1. The highest BCUT2D eigenvalue weighted by Gasteiger charge is 2.15. The summed E-state index contributed by atoms with van der Waals surface area (Å²) in [6, 6.07) is 17.5. The van der Waals surface area contributed by atoms with Crippen LogP contribution in [-0.4, -0.2) is 16.8 Å². The van der Waals surface area contributed by atoms with Crippen LogP contribution in [0.2, 0.25) is 0 Å². The lowest BCUT2D eigenvalue weighted by Gasteiger charge is -2.18. The third-order valence-electron chi connectivity index (χ3n) is 6.65. The fourth-order valence-electron chi connectivity index (χ4n) is 4.47. The average Bonchev–Trinajstić information content (AvgIpc) is 2.95. The van der Waals surface area contributed by atoms with E-state index in [1.807, 2.05) is 12.1 Å². The minimum absolute atomic E-state index is 0.0709. The second-order valence-corrected chi connectivity index (χ2v) is 9.81. The zero-order valence-electron chi connectivity index (χ0n) is 23.2. The Labute approximate surface area is 233 Å². The number of terminal acetylenes is 1. The molecule has 0 fully saturated rings. The second kappa shape index (κ2) is 16.9. The summed E-state index contributed by atoms with van der Waals surface area (Å²) in [5.41, 5.74) is 2.22. The normalized spacial score (nSPS) is 10.7. The molecule has 5 heteroatoms. The summed E-state index contributed by atoms with van der Waals surface area (Å²) >= 11 is 0. The van der Waals surface area contributed by atoms with E-state index in [9.17, 15) is 10.2 Å². The van der Waals surface area contributed by atoms with E-state index >= 15 is 0 Å². The molecule has 0 aliphatic rings. The van der Waals surface area contributed by atoms with Crippen LogP contribution in [-0.2, 0) is 13.2 Å². The van der Waals surface area contributed by atoms with Gasteiger partial charge in [0.15, 0.2) is 23.0 Å². The smallest absolute Gasteiger partial charge is 0.161 e. The van der Waals surface area contributed by atoms with Crippen LogP contribution >= 0.6 is 0 Å². The van der Waals surface area contributed by atoms with Crippen molar-refractivity contribution in [3.05, 3.63) is 77.4 Å². The summed E-state index contributed by atoms with van der Waals surface area (Å²) in [5.74, 6) is 4.28. The first kappa shape index (κ1) is 29.8. The lowest BCUT2D eigenvalue weighted by atomic mass is 10.0. The third kappa shape index (κ3) is 10.1. The molecule has 0 aliphatic heterocycles. The van der Waals surface area contributed by atoms with Gasteiger partial charge in [-0.1, -0.05) is 94.9 Å². The van der Waals surface area contributed by atoms with Crippen molar-refractivity contribution >= 4 is 0 Å². The van der Waals surface area contributed by atoms with E-state index in [-0.39, 0.29) is 24.7 Å². The Bertz CT molecular complexity index is 1110. The van der Waals surface area contributed by atoms with E-state index < -0.39 is 0 Å². The fourth-order valence-corrected chi connectivity index (χ4v) is 4.47. The summed E-state index contributed by atoms with van der Waals surface area (Å²) < 4.78 is 18.2. The lowest BCUT2D eigenvalue weighted by Crippen LogP contribution is -2.09. The number of benzene rings is 3. The molecule has 0 unspecified atom stereocenters. The summed E-state index contributed by atoms with van der Waals surface area (Å²) in [4.78, 5) is 0. The number of hydrogen-bond acceptors (Lipinski definition) is 5. The molecule has 39 heavy (non-hydrogen) atoms. The minimum atomic E-state index is 0.0709. The first-order valence-corrected chi connectivity index (χ1v) is 14.2. The van der Waals surface area contributed by atoms with Gasteiger partial charge in [0.25, 0.3) is 0 Å². The number of rotatable bonds is 18. The first-order valence-electron chi connectivity index (χ1n) is 14.2. The van der Waals surface area contributed by atoms with Crippen molar-refractivity contribution < 1.29 is 24.4 Å². The standard InChI is InChI=1S/C34H42O5/c1-3-5-6-7-8-9-10-11-12-17-22-37-34-28(25-38-32-20-15-13-18-30(32)35)23-27(4-2)24-29(34)26-39-33-21-16-14-19-31(33)36/h2,13-16,18-21,23-24,35-36H,3,5-12,17,22,25-26H2,1H3. The zero-order chi connectivity index (χ0) is 27.7. The predicted octanol–water partition coefficient (Wildman–Crippen LogP) is 8.54. The Morgan fingerprint density at radius 3 is 1.56 bits per heavy atom. The molecule has 0 amide bonds. The van der Waals surface area contributed by atoms with Gasteiger partial charge in [-0.05, 0) is 42.8 Å². The highest BCUT2D eigenvalue weighted by Crippen LogP contribution is 2.32. The number of para-hydroxylation sites is 4. The van der Waals surface area contributed by atoms with E-state index in [0.717, 1.165) is 24.0 Å². The molecular weight excluding hydrogens is 488 g/mol. The van der Waals surface area contributed by atoms with Gasteiger partial charge in [-0.25, -0.2) is 0 Å². The van der Waals surface area contributed by atoms with E-state index in [4.69, 9.17) is 20.6 Å². The Kier molecular flexibility index (Phi) is 12.9. The van der Waals surface area contributed by atoms with Crippen molar-refractivity contribution in [2.75, 3.05) is 6.61 Å². The molecule has 0 heterocycles. The van der Waals surface area contributed by atoms with Crippen LogP contribution in [0.1, 0.15) is 87.8 Å². The van der Waals surface area contributed by atoms with E-state index in [1.165, 1.54) is 51.4 Å². The van der Waals surface area contributed by atoms with Crippen LogP contribution in [0.15, 0.2) is 60.7 Å². The van der Waals surface area contributed by atoms with Gasteiger partial charge in [-0.15, -0.1) is 6.42 Å². The molecule has 2 N–H and O–H groups in total. The first-order chi connectivity index (χ1) is 19.1. The molecule has 3 rings (SSSR count). The van der Waals surface area contributed by atoms with Gasteiger partial charge < -0.3 is 24.4 Å². The molecule has 0 aromatic heterocycles. The fraction of sp³-hybridized carbons (Fsp3) is 0.412. The lowest BCUT2D eigenvalue weighted by molar-refractivity contribution is 0.252. The van der Waals surface area contributed by atoms with Crippen molar-refractivity contribution in [2.24, 2.45) is 0 Å². The SMILES string of the molecule is C#Cc1cc(COc2ccccc2O)c(OCCCCCCCCCCCC)c(COc2ccccc2O)c1. The highest BCUT2D eigenvalue weighted by atomic mass is 16.5. The maximum atomic E-state index is 10.1. The molecule has 0 aliphatic carbocycles. The number of aromatic hydroxyl groups is 2. The van der Waals surface area contributed by atoms with Gasteiger partial charge in [0.1, 0.15) is 19.0 Å².